The molecule has 1 aliphatic heterocycles. The minimum Gasteiger partial charge on any atom is -0.381 e. The minimum atomic E-state index is -0.224. The second-order valence-electron chi connectivity index (χ2n) is 5.70. The Hall–Kier alpha value is -1.72. The smallest absolute Gasteiger partial charge is 0.123 e. The molecule has 1 N–H and O–H groups in total. The molecule has 1 saturated heterocycles. The van der Waals surface area contributed by atoms with E-state index in [1.54, 1.807) is 12.1 Å². The molecule has 0 aliphatic carbocycles. The molecular formula is C16H20FN3O. The zero-order valence-electron chi connectivity index (χ0n) is 12.2. The molecule has 112 valence electrons. The number of benzene rings is 1. The maximum Gasteiger partial charge on any atom is 0.123 e. The summed E-state index contributed by atoms with van der Waals surface area (Å²) in [6, 6.07) is 6.49. The van der Waals surface area contributed by atoms with E-state index in [2.05, 4.69) is 22.1 Å². The van der Waals surface area contributed by atoms with Gasteiger partial charge in [0.1, 0.15) is 5.82 Å². The van der Waals surface area contributed by atoms with Crippen LogP contribution in [0.2, 0.25) is 0 Å². The largest absolute Gasteiger partial charge is 0.381 e. The van der Waals surface area contributed by atoms with Crippen LogP contribution in [0.1, 0.15) is 12.0 Å². The van der Waals surface area contributed by atoms with Crippen LogP contribution in [0.15, 0.2) is 30.5 Å². The van der Waals surface area contributed by atoms with E-state index in [1.165, 1.54) is 12.1 Å². The van der Waals surface area contributed by atoms with Crippen molar-refractivity contribution < 1.29 is 9.13 Å². The topological polar surface area (TPSA) is 41.2 Å². The average Bonchev–Trinajstić information content (AvgIpc) is 3.11. The second-order valence-corrected chi connectivity index (χ2v) is 5.70. The summed E-state index contributed by atoms with van der Waals surface area (Å²) in [4.78, 5) is 2.29. The lowest BCUT2D eigenvalue weighted by Crippen LogP contribution is -2.25. The zero-order valence-corrected chi connectivity index (χ0v) is 12.2. The molecule has 0 amide bonds. The standard InChI is InChI=1S/C16H20FN3O/c1-20(9-12-6-7-21-11-12)10-14-8-18-19-16(14)13-2-4-15(17)5-3-13/h2-5,8,12H,6-7,9-11H2,1H3,(H,18,19)/t12-/m1/s1. The average molecular weight is 289 g/mol. The molecular weight excluding hydrogens is 269 g/mol. The number of aromatic amines is 1. The first-order valence-corrected chi connectivity index (χ1v) is 7.27. The van der Waals surface area contributed by atoms with Gasteiger partial charge in [-0.25, -0.2) is 4.39 Å². The van der Waals surface area contributed by atoms with Crippen molar-refractivity contribution in [1.82, 2.24) is 15.1 Å². The second kappa shape index (κ2) is 6.37. The number of aromatic nitrogens is 2. The molecule has 4 nitrogen and oxygen atoms in total. The summed E-state index contributed by atoms with van der Waals surface area (Å²) in [6.07, 6.45) is 2.99. The molecule has 0 unspecified atom stereocenters. The lowest BCUT2D eigenvalue weighted by molar-refractivity contribution is 0.173. The summed E-state index contributed by atoms with van der Waals surface area (Å²) < 4.78 is 18.4. The molecule has 0 saturated carbocycles. The Bertz CT molecular complexity index is 575. The molecule has 21 heavy (non-hydrogen) atoms. The van der Waals surface area contributed by atoms with Gasteiger partial charge in [-0.3, -0.25) is 5.10 Å². The lowest BCUT2D eigenvalue weighted by atomic mass is 10.1. The molecule has 3 rings (SSSR count). The van der Waals surface area contributed by atoms with Crippen LogP contribution in [0.5, 0.6) is 0 Å². The molecule has 0 spiro atoms. The van der Waals surface area contributed by atoms with Crippen molar-refractivity contribution in [2.75, 3.05) is 26.8 Å². The third kappa shape index (κ3) is 3.49. The summed E-state index contributed by atoms with van der Waals surface area (Å²) in [5.74, 6) is 0.398. The zero-order chi connectivity index (χ0) is 14.7. The number of ether oxygens (including phenoxy) is 1. The van der Waals surface area contributed by atoms with Gasteiger partial charge in [-0.05, 0) is 43.7 Å². The first-order chi connectivity index (χ1) is 10.2. The van der Waals surface area contributed by atoms with Gasteiger partial charge in [-0.2, -0.15) is 5.10 Å². The van der Waals surface area contributed by atoms with Crippen LogP contribution in [0.4, 0.5) is 4.39 Å². The molecule has 0 radical (unpaired) electrons. The number of nitrogens with one attached hydrogen (secondary N) is 1. The van der Waals surface area contributed by atoms with Gasteiger partial charge >= 0.3 is 0 Å². The quantitative estimate of drug-likeness (QED) is 0.920. The van der Waals surface area contributed by atoms with Crippen molar-refractivity contribution in [1.29, 1.82) is 0 Å². The Balaban J connectivity index is 1.68. The predicted molar refractivity (Wildman–Crippen MR) is 79.2 cm³/mol. The van der Waals surface area contributed by atoms with E-state index in [-0.39, 0.29) is 5.82 Å². The number of hydrogen-bond donors (Lipinski definition) is 1. The van der Waals surface area contributed by atoms with Gasteiger partial charge in [0.15, 0.2) is 0 Å². The molecule has 1 aromatic carbocycles. The van der Waals surface area contributed by atoms with Gasteiger partial charge in [-0.1, -0.05) is 0 Å². The fourth-order valence-electron chi connectivity index (χ4n) is 2.82. The van der Waals surface area contributed by atoms with Crippen molar-refractivity contribution in [3.05, 3.63) is 41.8 Å². The van der Waals surface area contributed by atoms with Crippen LogP contribution in [-0.4, -0.2) is 41.9 Å². The van der Waals surface area contributed by atoms with Crippen LogP contribution >= 0.6 is 0 Å². The van der Waals surface area contributed by atoms with Gasteiger partial charge in [-0.15, -0.1) is 0 Å². The molecule has 0 bridgehead atoms. The first kappa shape index (κ1) is 14.2. The lowest BCUT2D eigenvalue weighted by Gasteiger charge is -2.19. The molecule has 2 aromatic rings. The number of rotatable bonds is 5. The Labute approximate surface area is 123 Å². The van der Waals surface area contributed by atoms with Crippen LogP contribution in [-0.2, 0) is 11.3 Å². The van der Waals surface area contributed by atoms with Crippen LogP contribution in [0.3, 0.4) is 0 Å². The van der Waals surface area contributed by atoms with Gasteiger partial charge in [0.05, 0.1) is 18.5 Å². The summed E-state index contributed by atoms with van der Waals surface area (Å²) in [5, 5.41) is 7.15. The van der Waals surface area contributed by atoms with Crippen LogP contribution < -0.4 is 0 Å². The van der Waals surface area contributed by atoms with E-state index in [4.69, 9.17) is 4.74 Å². The first-order valence-electron chi connectivity index (χ1n) is 7.27. The third-order valence-electron chi connectivity index (χ3n) is 3.88. The van der Waals surface area contributed by atoms with Crippen molar-refractivity contribution in [2.45, 2.75) is 13.0 Å². The summed E-state index contributed by atoms with van der Waals surface area (Å²) in [7, 11) is 2.11. The highest BCUT2D eigenvalue weighted by atomic mass is 19.1. The molecule has 2 heterocycles. The van der Waals surface area contributed by atoms with Crippen molar-refractivity contribution >= 4 is 0 Å². The van der Waals surface area contributed by atoms with E-state index < -0.39 is 0 Å². The molecule has 1 aromatic heterocycles. The van der Waals surface area contributed by atoms with Gasteiger partial charge in [0, 0.05) is 30.8 Å². The number of H-pyrrole nitrogens is 1. The molecule has 1 aliphatic rings. The Morgan fingerprint density at radius 3 is 2.90 bits per heavy atom. The minimum absolute atomic E-state index is 0.224. The highest BCUT2D eigenvalue weighted by Crippen LogP contribution is 2.23. The van der Waals surface area contributed by atoms with E-state index in [0.29, 0.717) is 5.92 Å². The number of nitrogens with zero attached hydrogens (tertiary/aromatic N) is 2. The monoisotopic (exact) mass is 289 g/mol. The summed E-state index contributed by atoms with van der Waals surface area (Å²) in [6.45, 7) is 3.58. The van der Waals surface area contributed by atoms with Crippen molar-refractivity contribution in [2.24, 2.45) is 5.92 Å². The van der Waals surface area contributed by atoms with E-state index in [9.17, 15) is 4.39 Å². The van der Waals surface area contributed by atoms with Gasteiger partial charge in [0.2, 0.25) is 0 Å². The number of halogens is 1. The Morgan fingerprint density at radius 1 is 1.38 bits per heavy atom. The summed E-state index contributed by atoms with van der Waals surface area (Å²) >= 11 is 0. The summed E-state index contributed by atoms with van der Waals surface area (Å²) in [5.41, 5.74) is 3.05. The third-order valence-corrected chi connectivity index (χ3v) is 3.88. The maximum absolute atomic E-state index is 13.0. The van der Waals surface area contributed by atoms with E-state index in [1.807, 2.05) is 6.20 Å². The highest BCUT2D eigenvalue weighted by molar-refractivity contribution is 5.62. The van der Waals surface area contributed by atoms with Gasteiger partial charge < -0.3 is 9.64 Å². The van der Waals surface area contributed by atoms with E-state index >= 15 is 0 Å². The predicted octanol–water partition coefficient (Wildman–Crippen LogP) is 2.68. The Morgan fingerprint density at radius 2 is 2.19 bits per heavy atom. The Kier molecular flexibility index (Phi) is 4.31. The van der Waals surface area contributed by atoms with Crippen molar-refractivity contribution in [3.63, 3.8) is 0 Å². The molecule has 5 heteroatoms. The fraction of sp³-hybridized carbons (Fsp3) is 0.438. The van der Waals surface area contributed by atoms with Crippen molar-refractivity contribution in [3.8, 4) is 11.3 Å². The molecule has 1 atom stereocenters. The van der Waals surface area contributed by atoms with Crippen LogP contribution in [0, 0.1) is 11.7 Å². The van der Waals surface area contributed by atoms with Gasteiger partial charge in [0.25, 0.3) is 0 Å². The molecule has 1 fully saturated rings. The normalized spacial score (nSPS) is 18.5. The van der Waals surface area contributed by atoms with Crippen LogP contribution in [0.25, 0.3) is 11.3 Å². The number of hydrogen-bond acceptors (Lipinski definition) is 3. The SMILES string of the molecule is CN(Cc1cn[nH]c1-c1ccc(F)cc1)C[C@H]1CCOC1. The fourth-order valence-corrected chi connectivity index (χ4v) is 2.82. The van der Waals surface area contributed by atoms with E-state index in [0.717, 1.165) is 49.5 Å². The highest BCUT2D eigenvalue weighted by Gasteiger charge is 2.18. The maximum atomic E-state index is 13.0.